The van der Waals surface area contributed by atoms with Gasteiger partial charge in [-0.2, -0.15) is 0 Å². The van der Waals surface area contributed by atoms with Gasteiger partial charge in [-0.15, -0.1) is 10.2 Å². The van der Waals surface area contributed by atoms with Crippen LogP contribution in [0.5, 0.6) is 5.75 Å². The van der Waals surface area contributed by atoms with E-state index in [1.807, 2.05) is 38.1 Å². The molecule has 0 bridgehead atoms. The largest absolute Gasteiger partial charge is 0.492 e. The average molecular weight is 306 g/mol. The number of rotatable bonds is 6. The van der Waals surface area contributed by atoms with Crippen molar-refractivity contribution in [1.29, 1.82) is 0 Å². The molecule has 0 saturated carbocycles. The van der Waals surface area contributed by atoms with E-state index < -0.39 is 6.04 Å². The van der Waals surface area contributed by atoms with Crippen LogP contribution in [0, 0.1) is 6.92 Å². The molecule has 0 aliphatic carbocycles. The van der Waals surface area contributed by atoms with Crippen LogP contribution in [0.25, 0.3) is 0 Å². The predicted octanol–water partition coefficient (Wildman–Crippen LogP) is 2.68. The van der Waals surface area contributed by atoms with Crippen molar-refractivity contribution in [3.05, 3.63) is 29.3 Å². The number of nitrogens with one attached hydrogen (secondary N) is 2. The topological polar surface area (TPSA) is 76.1 Å². The number of benzene rings is 1. The first-order chi connectivity index (χ1) is 10.1. The minimum Gasteiger partial charge on any atom is -0.492 e. The van der Waals surface area contributed by atoms with Gasteiger partial charge in [0.05, 0.1) is 12.3 Å². The van der Waals surface area contributed by atoms with Crippen LogP contribution in [0.1, 0.15) is 18.9 Å². The highest BCUT2D eigenvalue weighted by Gasteiger charge is 2.16. The van der Waals surface area contributed by atoms with Gasteiger partial charge in [-0.05, 0) is 32.9 Å². The molecular formula is C14H18N4O2S. The van der Waals surface area contributed by atoms with E-state index in [-0.39, 0.29) is 5.91 Å². The van der Waals surface area contributed by atoms with Crippen molar-refractivity contribution in [3.63, 3.8) is 0 Å². The van der Waals surface area contributed by atoms with Gasteiger partial charge in [-0.3, -0.25) is 10.1 Å². The summed E-state index contributed by atoms with van der Waals surface area (Å²) in [5, 5.41) is 14.9. The number of carbonyl (C=O) groups excluding carboxylic acids is 1. The third-order valence-corrected chi connectivity index (χ3v) is 3.46. The molecule has 2 rings (SSSR count). The Morgan fingerprint density at radius 1 is 1.38 bits per heavy atom. The Morgan fingerprint density at radius 2 is 2.14 bits per heavy atom. The van der Waals surface area contributed by atoms with E-state index in [9.17, 15) is 4.79 Å². The fraction of sp³-hybridized carbons (Fsp3) is 0.357. The molecule has 0 unspecified atom stereocenters. The first-order valence-electron chi connectivity index (χ1n) is 6.69. The van der Waals surface area contributed by atoms with E-state index in [0.29, 0.717) is 11.7 Å². The Bertz CT molecular complexity index is 615. The summed E-state index contributed by atoms with van der Waals surface area (Å²) in [5.41, 5.74) is 0.787. The van der Waals surface area contributed by atoms with E-state index >= 15 is 0 Å². The highest BCUT2D eigenvalue weighted by molar-refractivity contribution is 7.15. The summed E-state index contributed by atoms with van der Waals surface area (Å²) in [7, 11) is 0. The van der Waals surface area contributed by atoms with Crippen LogP contribution in [0.2, 0.25) is 0 Å². The molecule has 7 heteroatoms. The van der Waals surface area contributed by atoms with Gasteiger partial charge in [0.25, 0.3) is 0 Å². The van der Waals surface area contributed by atoms with Crippen molar-refractivity contribution in [1.82, 2.24) is 10.2 Å². The number of carbonyl (C=O) groups is 1. The molecule has 1 atom stereocenters. The van der Waals surface area contributed by atoms with Crippen LogP contribution >= 0.6 is 11.3 Å². The van der Waals surface area contributed by atoms with Gasteiger partial charge in [0.15, 0.2) is 0 Å². The van der Waals surface area contributed by atoms with Gasteiger partial charge in [0.2, 0.25) is 11.0 Å². The Kier molecular flexibility index (Phi) is 5.10. The second-order valence-electron chi connectivity index (χ2n) is 4.41. The second kappa shape index (κ2) is 7.03. The molecule has 1 amide bonds. The van der Waals surface area contributed by atoms with Gasteiger partial charge < -0.3 is 10.1 Å². The molecule has 0 spiro atoms. The summed E-state index contributed by atoms with van der Waals surface area (Å²) >= 11 is 1.34. The van der Waals surface area contributed by atoms with Gasteiger partial charge in [0, 0.05) is 0 Å². The summed E-state index contributed by atoms with van der Waals surface area (Å²) < 4.78 is 5.52. The Balaban J connectivity index is 2.00. The number of hydrogen-bond acceptors (Lipinski definition) is 6. The highest BCUT2D eigenvalue weighted by Crippen LogP contribution is 2.24. The quantitative estimate of drug-likeness (QED) is 0.858. The lowest BCUT2D eigenvalue weighted by molar-refractivity contribution is -0.116. The van der Waals surface area contributed by atoms with Gasteiger partial charge in [-0.25, -0.2) is 0 Å². The lowest BCUT2D eigenvalue weighted by Crippen LogP contribution is -2.32. The minimum absolute atomic E-state index is 0.169. The Hall–Kier alpha value is -2.15. The van der Waals surface area contributed by atoms with Crippen LogP contribution in [-0.4, -0.2) is 28.8 Å². The van der Waals surface area contributed by atoms with Gasteiger partial charge in [0.1, 0.15) is 16.8 Å². The van der Waals surface area contributed by atoms with Crippen LogP contribution in [-0.2, 0) is 4.79 Å². The fourth-order valence-corrected chi connectivity index (χ4v) is 2.32. The summed E-state index contributed by atoms with van der Waals surface area (Å²) in [6.07, 6.45) is 0. The molecule has 2 aromatic rings. The minimum atomic E-state index is -0.421. The van der Waals surface area contributed by atoms with Gasteiger partial charge >= 0.3 is 0 Å². The van der Waals surface area contributed by atoms with E-state index in [2.05, 4.69) is 20.8 Å². The first-order valence-corrected chi connectivity index (χ1v) is 7.51. The van der Waals surface area contributed by atoms with Crippen LogP contribution < -0.4 is 15.4 Å². The number of nitrogens with zero attached hydrogens (tertiary/aromatic N) is 2. The van der Waals surface area contributed by atoms with E-state index in [4.69, 9.17) is 4.74 Å². The fourth-order valence-electron chi connectivity index (χ4n) is 1.73. The molecule has 6 nitrogen and oxygen atoms in total. The van der Waals surface area contributed by atoms with Crippen molar-refractivity contribution in [2.45, 2.75) is 26.8 Å². The molecule has 0 saturated heterocycles. The summed E-state index contributed by atoms with van der Waals surface area (Å²) in [6.45, 7) is 6.12. The zero-order valence-electron chi connectivity index (χ0n) is 12.2. The number of hydrogen-bond donors (Lipinski definition) is 2. The van der Waals surface area contributed by atoms with Gasteiger partial charge in [-0.1, -0.05) is 23.5 Å². The zero-order chi connectivity index (χ0) is 15.2. The predicted molar refractivity (Wildman–Crippen MR) is 84.0 cm³/mol. The first kappa shape index (κ1) is 15.2. The average Bonchev–Trinajstić information content (AvgIpc) is 2.86. The standard InChI is InChI=1S/C14H18N4O2S/c1-4-20-12-8-6-5-7-11(12)15-9(2)13(19)16-14-18-17-10(3)21-14/h5-9,15H,4H2,1-3H3,(H,16,18,19)/t9-/m0/s1. The molecule has 0 fully saturated rings. The normalized spacial score (nSPS) is 11.8. The molecular weight excluding hydrogens is 288 g/mol. The zero-order valence-corrected chi connectivity index (χ0v) is 13.0. The molecule has 0 radical (unpaired) electrons. The molecule has 1 aromatic heterocycles. The maximum absolute atomic E-state index is 12.1. The third-order valence-electron chi connectivity index (χ3n) is 2.71. The van der Waals surface area contributed by atoms with Crippen molar-refractivity contribution in [2.75, 3.05) is 17.2 Å². The maximum Gasteiger partial charge on any atom is 0.248 e. The summed E-state index contributed by atoms with van der Waals surface area (Å²) in [6, 6.07) is 7.11. The van der Waals surface area contributed by atoms with Crippen molar-refractivity contribution < 1.29 is 9.53 Å². The highest BCUT2D eigenvalue weighted by atomic mass is 32.1. The molecule has 1 heterocycles. The summed E-state index contributed by atoms with van der Waals surface area (Å²) in [5.74, 6) is 0.559. The number of aryl methyl sites for hydroxylation is 1. The lowest BCUT2D eigenvalue weighted by atomic mass is 10.2. The van der Waals surface area contributed by atoms with E-state index in [1.54, 1.807) is 6.92 Å². The summed E-state index contributed by atoms with van der Waals surface area (Å²) in [4.78, 5) is 12.1. The third kappa shape index (κ3) is 4.16. The molecule has 112 valence electrons. The lowest BCUT2D eigenvalue weighted by Gasteiger charge is -2.17. The number of aromatic nitrogens is 2. The Labute approximate surface area is 127 Å². The molecule has 21 heavy (non-hydrogen) atoms. The Morgan fingerprint density at radius 3 is 2.81 bits per heavy atom. The van der Waals surface area contributed by atoms with Crippen molar-refractivity contribution in [3.8, 4) is 5.75 Å². The molecule has 2 N–H and O–H groups in total. The van der Waals surface area contributed by atoms with Crippen LogP contribution in [0.3, 0.4) is 0 Å². The second-order valence-corrected chi connectivity index (χ2v) is 5.59. The number of para-hydroxylation sites is 2. The van der Waals surface area contributed by atoms with Crippen LogP contribution in [0.15, 0.2) is 24.3 Å². The van der Waals surface area contributed by atoms with Crippen molar-refractivity contribution in [2.24, 2.45) is 0 Å². The van der Waals surface area contributed by atoms with E-state index in [1.165, 1.54) is 11.3 Å². The molecule has 0 aliphatic rings. The van der Waals surface area contributed by atoms with Crippen LogP contribution in [0.4, 0.5) is 10.8 Å². The van der Waals surface area contributed by atoms with E-state index in [0.717, 1.165) is 16.4 Å². The number of anilines is 2. The maximum atomic E-state index is 12.1. The SMILES string of the molecule is CCOc1ccccc1N[C@@H](C)C(=O)Nc1nnc(C)s1. The number of ether oxygens (including phenoxy) is 1. The molecule has 1 aromatic carbocycles. The monoisotopic (exact) mass is 306 g/mol. The molecule has 0 aliphatic heterocycles. The van der Waals surface area contributed by atoms with Crippen molar-refractivity contribution >= 4 is 28.1 Å². The smallest absolute Gasteiger partial charge is 0.248 e. The number of amides is 1.